The second-order valence-corrected chi connectivity index (χ2v) is 5.05. The molecule has 0 aliphatic carbocycles. The summed E-state index contributed by atoms with van der Waals surface area (Å²) in [4.78, 5) is 15.4. The van der Waals surface area contributed by atoms with Gasteiger partial charge in [0.1, 0.15) is 0 Å². The Hall–Kier alpha value is -1.62. The Morgan fingerprint density at radius 3 is 2.89 bits per heavy atom. The van der Waals surface area contributed by atoms with Gasteiger partial charge in [-0.2, -0.15) is 0 Å². The predicted molar refractivity (Wildman–Crippen MR) is 71.4 cm³/mol. The molecule has 1 aromatic heterocycles. The first kappa shape index (κ1) is 14.4. The van der Waals surface area contributed by atoms with Gasteiger partial charge < -0.3 is 15.7 Å². The molecule has 0 saturated carbocycles. The van der Waals surface area contributed by atoms with Crippen molar-refractivity contribution in [1.29, 1.82) is 0 Å². The lowest BCUT2D eigenvalue weighted by Gasteiger charge is -2.21. The average Bonchev–Trinajstić information content (AvgIpc) is 2.36. The maximum atomic E-state index is 11.5. The molecule has 0 aliphatic heterocycles. The van der Waals surface area contributed by atoms with Crippen molar-refractivity contribution >= 4 is 11.7 Å². The van der Waals surface area contributed by atoms with Crippen LogP contribution in [-0.4, -0.2) is 29.3 Å². The van der Waals surface area contributed by atoms with E-state index in [9.17, 15) is 4.79 Å². The highest BCUT2D eigenvalue weighted by Gasteiger charge is 2.15. The average molecular weight is 251 g/mol. The van der Waals surface area contributed by atoms with E-state index in [0.717, 1.165) is 12.8 Å². The first-order valence-electron chi connectivity index (χ1n) is 6.09. The van der Waals surface area contributed by atoms with Crippen molar-refractivity contribution < 1.29 is 9.90 Å². The molecular formula is C13H21N3O2. The Balaban J connectivity index is 2.18. The number of hydrogen-bond acceptors (Lipinski definition) is 3. The summed E-state index contributed by atoms with van der Waals surface area (Å²) in [5, 5.41) is 14.6. The van der Waals surface area contributed by atoms with Crippen molar-refractivity contribution in [2.45, 2.75) is 26.7 Å². The molecule has 18 heavy (non-hydrogen) atoms. The molecule has 0 saturated heterocycles. The van der Waals surface area contributed by atoms with E-state index in [4.69, 9.17) is 5.11 Å². The lowest BCUT2D eigenvalue weighted by atomic mass is 9.89. The Morgan fingerprint density at radius 1 is 1.50 bits per heavy atom. The van der Waals surface area contributed by atoms with E-state index in [1.165, 1.54) is 0 Å². The van der Waals surface area contributed by atoms with Gasteiger partial charge in [-0.25, -0.2) is 4.79 Å². The van der Waals surface area contributed by atoms with E-state index < -0.39 is 0 Å². The SMILES string of the molecule is CC(C)(CO)CCCNC(=O)Nc1cccnc1. The summed E-state index contributed by atoms with van der Waals surface area (Å²) in [6, 6.07) is 3.31. The van der Waals surface area contributed by atoms with E-state index in [2.05, 4.69) is 15.6 Å². The van der Waals surface area contributed by atoms with E-state index in [1.54, 1.807) is 24.5 Å². The fourth-order valence-corrected chi connectivity index (χ4v) is 1.46. The molecule has 0 fully saturated rings. The lowest BCUT2D eigenvalue weighted by molar-refractivity contribution is 0.148. The van der Waals surface area contributed by atoms with Crippen LogP contribution in [0, 0.1) is 5.41 Å². The summed E-state index contributed by atoms with van der Waals surface area (Å²) in [5.74, 6) is 0. The molecule has 0 bridgehead atoms. The Labute approximate surface area is 108 Å². The fourth-order valence-electron chi connectivity index (χ4n) is 1.46. The summed E-state index contributed by atoms with van der Waals surface area (Å²) in [6.07, 6.45) is 4.96. The third-order valence-corrected chi connectivity index (χ3v) is 2.66. The van der Waals surface area contributed by atoms with Gasteiger partial charge in [0.15, 0.2) is 0 Å². The van der Waals surface area contributed by atoms with Gasteiger partial charge in [-0.15, -0.1) is 0 Å². The zero-order valence-electron chi connectivity index (χ0n) is 10.9. The molecule has 1 aromatic rings. The summed E-state index contributed by atoms with van der Waals surface area (Å²) in [7, 11) is 0. The number of aliphatic hydroxyl groups is 1. The molecule has 0 spiro atoms. The fraction of sp³-hybridized carbons (Fsp3) is 0.538. The van der Waals surface area contributed by atoms with Crippen molar-refractivity contribution in [2.24, 2.45) is 5.41 Å². The number of urea groups is 1. The number of hydrogen-bond donors (Lipinski definition) is 3. The molecule has 0 aromatic carbocycles. The molecule has 100 valence electrons. The molecular weight excluding hydrogens is 230 g/mol. The number of anilines is 1. The second kappa shape index (κ2) is 6.96. The number of aromatic nitrogens is 1. The molecule has 0 aliphatic rings. The molecule has 1 heterocycles. The van der Waals surface area contributed by atoms with Crippen LogP contribution in [0.5, 0.6) is 0 Å². The van der Waals surface area contributed by atoms with Gasteiger partial charge in [-0.3, -0.25) is 4.98 Å². The number of carbonyl (C=O) groups excluding carboxylic acids is 1. The molecule has 3 N–H and O–H groups in total. The zero-order valence-corrected chi connectivity index (χ0v) is 10.9. The van der Waals surface area contributed by atoms with E-state index in [-0.39, 0.29) is 18.1 Å². The monoisotopic (exact) mass is 251 g/mol. The highest BCUT2D eigenvalue weighted by atomic mass is 16.3. The summed E-state index contributed by atoms with van der Waals surface area (Å²) in [5.41, 5.74) is 0.590. The van der Waals surface area contributed by atoms with Crippen molar-refractivity contribution in [3.63, 3.8) is 0 Å². The topological polar surface area (TPSA) is 74.2 Å². The van der Waals surface area contributed by atoms with E-state index in [1.807, 2.05) is 13.8 Å². The molecule has 0 atom stereocenters. The number of rotatable bonds is 6. The van der Waals surface area contributed by atoms with E-state index >= 15 is 0 Å². The number of pyridine rings is 1. The third kappa shape index (κ3) is 5.63. The maximum absolute atomic E-state index is 11.5. The normalized spacial score (nSPS) is 11.1. The van der Waals surface area contributed by atoms with Crippen molar-refractivity contribution in [3.8, 4) is 0 Å². The molecule has 2 amide bonds. The lowest BCUT2D eigenvalue weighted by Crippen LogP contribution is -2.30. The largest absolute Gasteiger partial charge is 0.396 e. The highest BCUT2D eigenvalue weighted by Crippen LogP contribution is 2.20. The highest BCUT2D eigenvalue weighted by molar-refractivity contribution is 5.88. The van der Waals surface area contributed by atoms with Crippen LogP contribution in [0.4, 0.5) is 10.5 Å². The summed E-state index contributed by atoms with van der Waals surface area (Å²) < 4.78 is 0. The minimum absolute atomic E-state index is 0.0818. The van der Waals surface area contributed by atoms with Crippen molar-refractivity contribution in [2.75, 3.05) is 18.5 Å². The van der Waals surface area contributed by atoms with Crippen LogP contribution >= 0.6 is 0 Å². The van der Waals surface area contributed by atoms with E-state index in [0.29, 0.717) is 12.2 Å². The summed E-state index contributed by atoms with van der Waals surface area (Å²) >= 11 is 0. The van der Waals surface area contributed by atoms with Crippen LogP contribution in [0.1, 0.15) is 26.7 Å². The van der Waals surface area contributed by atoms with Crippen molar-refractivity contribution in [3.05, 3.63) is 24.5 Å². The van der Waals surface area contributed by atoms with Gasteiger partial charge in [-0.1, -0.05) is 13.8 Å². The van der Waals surface area contributed by atoms with Gasteiger partial charge in [0.05, 0.1) is 11.9 Å². The van der Waals surface area contributed by atoms with Crippen LogP contribution in [0.2, 0.25) is 0 Å². The molecule has 5 nitrogen and oxygen atoms in total. The van der Waals surface area contributed by atoms with Crippen LogP contribution in [0.3, 0.4) is 0 Å². The standard InChI is InChI=1S/C13H21N3O2/c1-13(2,10-17)6-4-8-15-12(18)16-11-5-3-7-14-9-11/h3,5,7,9,17H,4,6,8,10H2,1-2H3,(H2,15,16,18). The quantitative estimate of drug-likeness (QED) is 0.677. The second-order valence-electron chi connectivity index (χ2n) is 5.05. The Morgan fingerprint density at radius 2 is 2.28 bits per heavy atom. The summed E-state index contributed by atoms with van der Waals surface area (Å²) in [6.45, 7) is 4.76. The Kier molecular flexibility index (Phi) is 5.58. The predicted octanol–water partition coefficient (Wildman–Crippen LogP) is 2.00. The molecule has 1 rings (SSSR count). The molecule has 0 radical (unpaired) electrons. The molecule has 0 unspecified atom stereocenters. The first-order valence-corrected chi connectivity index (χ1v) is 6.09. The number of aliphatic hydroxyl groups excluding tert-OH is 1. The zero-order chi connectivity index (χ0) is 13.4. The minimum atomic E-state index is -0.232. The van der Waals surface area contributed by atoms with Gasteiger partial charge in [0.2, 0.25) is 0 Å². The van der Waals surface area contributed by atoms with Crippen LogP contribution in [-0.2, 0) is 0 Å². The van der Waals surface area contributed by atoms with Crippen LogP contribution in [0.15, 0.2) is 24.5 Å². The third-order valence-electron chi connectivity index (χ3n) is 2.66. The van der Waals surface area contributed by atoms with Crippen LogP contribution in [0.25, 0.3) is 0 Å². The number of amides is 2. The number of nitrogens with zero attached hydrogens (tertiary/aromatic N) is 1. The smallest absolute Gasteiger partial charge is 0.319 e. The maximum Gasteiger partial charge on any atom is 0.319 e. The van der Waals surface area contributed by atoms with Crippen LogP contribution < -0.4 is 10.6 Å². The van der Waals surface area contributed by atoms with Gasteiger partial charge in [0.25, 0.3) is 0 Å². The minimum Gasteiger partial charge on any atom is -0.396 e. The Bertz CT molecular complexity index is 366. The van der Waals surface area contributed by atoms with Crippen molar-refractivity contribution in [1.82, 2.24) is 10.3 Å². The number of carbonyl (C=O) groups is 1. The van der Waals surface area contributed by atoms with Gasteiger partial charge in [0, 0.05) is 19.3 Å². The first-order chi connectivity index (χ1) is 8.53. The molecule has 5 heteroatoms. The van der Waals surface area contributed by atoms with Gasteiger partial charge >= 0.3 is 6.03 Å². The number of nitrogens with one attached hydrogen (secondary N) is 2. The van der Waals surface area contributed by atoms with Gasteiger partial charge in [-0.05, 0) is 30.4 Å².